The molecule has 1 heterocycles. The molecule has 0 amide bonds. The van der Waals surface area contributed by atoms with Crippen LogP contribution in [0.25, 0.3) is 0 Å². The van der Waals surface area contributed by atoms with Crippen LogP contribution in [-0.2, 0) is 6.61 Å². The Morgan fingerprint density at radius 2 is 2.05 bits per heavy atom. The summed E-state index contributed by atoms with van der Waals surface area (Å²) in [6, 6.07) is 6.71. The van der Waals surface area contributed by atoms with Gasteiger partial charge in [-0.3, -0.25) is 4.98 Å². The summed E-state index contributed by atoms with van der Waals surface area (Å²) in [5, 5.41) is 9.26. The fourth-order valence-corrected chi connectivity index (χ4v) is 1.61. The zero-order valence-corrected chi connectivity index (χ0v) is 10.4. The molecule has 1 aromatic heterocycles. The summed E-state index contributed by atoms with van der Waals surface area (Å²) in [7, 11) is 0. The van der Waals surface area contributed by atoms with E-state index in [9.17, 15) is 9.18 Å². The topological polar surface area (TPSA) is 59.4 Å². The SMILES string of the molecule is O=C(O)c1cc(Cl)cnc1COc1ccc(F)cc1. The van der Waals surface area contributed by atoms with Crippen LogP contribution in [0.15, 0.2) is 36.5 Å². The Balaban J connectivity index is 2.15. The molecule has 0 unspecified atom stereocenters. The Kier molecular flexibility index (Phi) is 3.97. The minimum Gasteiger partial charge on any atom is -0.487 e. The van der Waals surface area contributed by atoms with Gasteiger partial charge in [-0.05, 0) is 30.3 Å². The van der Waals surface area contributed by atoms with Crippen molar-refractivity contribution < 1.29 is 19.0 Å². The van der Waals surface area contributed by atoms with E-state index in [-0.39, 0.29) is 28.7 Å². The van der Waals surface area contributed by atoms with Crippen molar-refractivity contribution in [2.45, 2.75) is 6.61 Å². The second-order valence-electron chi connectivity index (χ2n) is 3.70. The Morgan fingerprint density at radius 3 is 2.68 bits per heavy atom. The smallest absolute Gasteiger partial charge is 0.337 e. The predicted octanol–water partition coefficient (Wildman–Crippen LogP) is 3.15. The maximum absolute atomic E-state index is 12.7. The lowest BCUT2D eigenvalue weighted by Crippen LogP contribution is -2.08. The fourth-order valence-electron chi connectivity index (χ4n) is 1.45. The van der Waals surface area contributed by atoms with Gasteiger partial charge in [0.15, 0.2) is 0 Å². The van der Waals surface area contributed by atoms with Crippen molar-refractivity contribution in [1.29, 1.82) is 0 Å². The highest BCUT2D eigenvalue weighted by atomic mass is 35.5. The summed E-state index contributed by atoms with van der Waals surface area (Å²) in [6.45, 7) is -0.0373. The van der Waals surface area contributed by atoms with Crippen molar-refractivity contribution >= 4 is 17.6 Å². The molecule has 2 aromatic rings. The van der Waals surface area contributed by atoms with E-state index >= 15 is 0 Å². The number of rotatable bonds is 4. The van der Waals surface area contributed by atoms with E-state index in [1.54, 1.807) is 0 Å². The van der Waals surface area contributed by atoms with Crippen LogP contribution in [0.1, 0.15) is 16.1 Å². The summed E-state index contributed by atoms with van der Waals surface area (Å²) in [6.07, 6.45) is 1.34. The maximum atomic E-state index is 12.7. The van der Waals surface area contributed by atoms with Crippen LogP contribution in [0.4, 0.5) is 4.39 Å². The first-order valence-corrected chi connectivity index (χ1v) is 5.70. The van der Waals surface area contributed by atoms with E-state index < -0.39 is 5.97 Å². The Bertz CT molecular complexity index is 601. The minimum absolute atomic E-state index is 0.0189. The number of hydrogen-bond donors (Lipinski definition) is 1. The van der Waals surface area contributed by atoms with E-state index in [0.717, 1.165) is 0 Å². The monoisotopic (exact) mass is 281 g/mol. The summed E-state index contributed by atoms with van der Waals surface area (Å²) in [5.74, 6) is -1.08. The van der Waals surface area contributed by atoms with Crippen LogP contribution >= 0.6 is 11.6 Å². The summed E-state index contributed by atoms with van der Waals surface area (Å²) < 4.78 is 18.0. The number of aromatic carboxylic acids is 1. The number of carboxylic acids is 1. The van der Waals surface area contributed by atoms with E-state index in [1.807, 2.05) is 0 Å². The second kappa shape index (κ2) is 5.67. The standard InChI is InChI=1S/C13H9ClFNO3/c14-8-5-11(13(17)18)12(16-6-8)7-19-10-3-1-9(15)2-4-10/h1-6H,7H2,(H,17,18). The molecule has 0 spiro atoms. The second-order valence-corrected chi connectivity index (χ2v) is 4.13. The van der Waals surface area contributed by atoms with Gasteiger partial charge in [-0.25, -0.2) is 9.18 Å². The Morgan fingerprint density at radius 1 is 1.37 bits per heavy atom. The molecule has 98 valence electrons. The molecule has 0 fully saturated rings. The lowest BCUT2D eigenvalue weighted by atomic mass is 10.2. The molecule has 0 atom stereocenters. The number of nitrogens with zero attached hydrogens (tertiary/aromatic N) is 1. The molecule has 0 aliphatic carbocycles. The molecular formula is C13H9ClFNO3. The van der Waals surface area contributed by atoms with E-state index in [2.05, 4.69) is 4.98 Å². The molecule has 0 radical (unpaired) electrons. The van der Waals surface area contributed by atoms with E-state index in [0.29, 0.717) is 5.75 Å². The van der Waals surface area contributed by atoms with Crippen molar-refractivity contribution in [1.82, 2.24) is 4.98 Å². The average Bonchev–Trinajstić information content (AvgIpc) is 2.39. The zero-order valence-electron chi connectivity index (χ0n) is 9.64. The molecule has 1 aromatic carbocycles. The first kappa shape index (κ1) is 13.3. The van der Waals surface area contributed by atoms with Gasteiger partial charge in [0.2, 0.25) is 0 Å². The normalized spacial score (nSPS) is 10.2. The minimum atomic E-state index is -1.13. The van der Waals surface area contributed by atoms with Crippen molar-refractivity contribution in [3.63, 3.8) is 0 Å². The lowest BCUT2D eigenvalue weighted by Gasteiger charge is -2.08. The highest BCUT2D eigenvalue weighted by Crippen LogP contribution is 2.17. The highest BCUT2D eigenvalue weighted by molar-refractivity contribution is 6.30. The molecule has 2 rings (SSSR count). The van der Waals surface area contributed by atoms with Gasteiger partial charge in [0.1, 0.15) is 18.2 Å². The number of halogens is 2. The van der Waals surface area contributed by atoms with Crippen molar-refractivity contribution in [3.05, 3.63) is 58.6 Å². The van der Waals surface area contributed by atoms with Gasteiger partial charge < -0.3 is 9.84 Å². The van der Waals surface area contributed by atoms with Crippen LogP contribution in [0.2, 0.25) is 5.02 Å². The van der Waals surface area contributed by atoms with Crippen molar-refractivity contribution in [2.24, 2.45) is 0 Å². The number of hydrogen-bond acceptors (Lipinski definition) is 3. The number of aromatic nitrogens is 1. The van der Waals surface area contributed by atoms with E-state index in [4.69, 9.17) is 21.4 Å². The lowest BCUT2D eigenvalue weighted by molar-refractivity contribution is 0.0693. The van der Waals surface area contributed by atoms with Gasteiger partial charge in [-0.15, -0.1) is 0 Å². The molecule has 0 aliphatic rings. The largest absolute Gasteiger partial charge is 0.487 e. The molecule has 0 bridgehead atoms. The van der Waals surface area contributed by atoms with Gasteiger partial charge in [0, 0.05) is 6.20 Å². The fraction of sp³-hybridized carbons (Fsp3) is 0.0769. The summed E-state index contributed by atoms with van der Waals surface area (Å²) in [4.78, 5) is 14.9. The zero-order chi connectivity index (χ0) is 13.8. The van der Waals surface area contributed by atoms with Gasteiger partial charge in [0.25, 0.3) is 0 Å². The quantitative estimate of drug-likeness (QED) is 0.935. The van der Waals surface area contributed by atoms with Crippen molar-refractivity contribution in [3.8, 4) is 5.75 Å². The third-order valence-corrected chi connectivity index (χ3v) is 2.56. The van der Waals surface area contributed by atoms with Crippen molar-refractivity contribution in [2.75, 3.05) is 0 Å². The van der Waals surface area contributed by atoms with Gasteiger partial charge >= 0.3 is 5.97 Å². The number of benzene rings is 1. The van der Waals surface area contributed by atoms with E-state index in [1.165, 1.54) is 36.5 Å². The summed E-state index contributed by atoms with van der Waals surface area (Å²) >= 11 is 5.69. The Hall–Kier alpha value is -2.14. The predicted molar refractivity (Wildman–Crippen MR) is 66.9 cm³/mol. The van der Waals surface area contributed by atoms with Crippen LogP contribution in [0, 0.1) is 5.82 Å². The molecule has 19 heavy (non-hydrogen) atoms. The number of carbonyl (C=O) groups is 1. The molecule has 1 N–H and O–H groups in total. The summed E-state index contributed by atoms with van der Waals surface area (Å²) in [5.41, 5.74) is 0.232. The van der Waals surface area contributed by atoms with Gasteiger partial charge in [-0.1, -0.05) is 11.6 Å². The third kappa shape index (κ3) is 3.42. The average molecular weight is 282 g/mol. The molecule has 0 saturated heterocycles. The molecule has 4 nitrogen and oxygen atoms in total. The van der Waals surface area contributed by atoms with Gasteiger partial charge in [-0.2, -0.15) is 0 Å². The highest BCUT2D eigenvalue weighted by Gasteiger charge is 2.12. The maximum Gasteiger partial charge on any atom is 0.337 e. The third-order valence-electron chi connectivity index (χ3n) is 2.36. The first-order valence-electron chi connectivity index (χ1n) is 5.32. The first-order chi connectivity index (χ1) is 9.06. The van der Waals surface area contributed by atoms with Crippen LogP contribution < -0.4 is 4.74 Å². The molecular weight excluding hydrogens is 273 g/mol. The number of carboxylic acid groups (broad SMARTS) is 1. The molecule has 0 saturated carbocycles. The molecule has 6 heteroatoms. The Labute approximate surface area is 113 Å². The van der Waals surface area contributed by atoms with Gasteiger partial charge in [0.05, 0.1) is 16.3 Å². The molecule has 0 aliphatic heterocycles. The number of ether oxygens (including phenoxy) is 1. The van der Waals surface area contributed by atoms with Crippen LogP contribution in [-0.4, -0.2) is 16.1 Å². The van der Waals surface area contributed by atoms with Crippen LogP contribution in [0.3, 0.4) is 0 Å². The van der Waals surface area contributed by atoms with Crippen LogP contribution in [0.5, 0.6) is 5.75 Å². The number of pyridine rings is 1.